The molecule has 90 valence electrons. The summed E-state index contributed by atoms with van der Waals surface area (Å²) in [5.41, 5.74) is 7.07. The van der Waals surface area contributed by atoms with E-state index in [-0.39, 0.29) is 5.91 Å². The normalized spacial score (nSPS) is 23.7. The lowest BCUT2D eigenvalue weighted by atomic mass is 9.89. The molecule has 0 aromatic heterocycles. The van der Waals surface area contributed by atoms with Gasteiger partial charge in [0.1, 0.15) is 0 Å². The number of hydrogen-bond acceptors (Lipinski definition) is 2. The molecule has 2 N–H and O–H groups in total. The maximum absolute atomic E-state index is 11.6. The van der Waals surface area contributed by atoms with Gasteiger partial charge in [0.05, 0.1) is 0 Å². The molecule has 2 atom stereocenters. The largest absolute Gasteiger partial charge is 0.338 e. The zero-order chi connectivity index (χ0) is 12.3. The summed E-state index contributed by atoms with van der Waals surface area (Å²) in [6.07, 6.45) is 1.38. The molecule has 1 saturated heterocycles. The van der Waals surface area contributed by atoms with Crippen molar-refractivity contribution in [3.63, 3.8) is 0 Å². The number of carbonyl (C=O) groups is 1. The second kappa shape index (κ2) is 5.15. The summed E-state index contributed by atoms with van der Waals surface area (Å²) in [6.45, 7) is 5.63. The van der Waals surface area contributed by atoms with Gasteiger partial charge in [-0.05, 0) is 24.1 Å². The van der Waals surface area contributed by atoms with E-state index in [1.54, 1.807) is 0 Å². The lowest BCUT2D eigenvalue weighted by molar-refractivity contribution is -0.125. The molecule has 1 aromatic rings. The third-order valence-corrected chi connectivity index (χ3v) is 3.46. The quantitative estimate of drug-likeness (QED) is 0.797. The fourth-order valence-corrected chi connectivity index (χ4v) is 2.50. The first-order valence-electron chi connectivity index (χ1n) is 5.92. The van der Waals surface area contributed by atoms with E-state index in [4.69, 9.17) is 5.73 Å². The lowest BCUT2D eigenvalue weighted by Gasteiger charge is -2.16. The number of carbonyl (C=O) groups excluding carboxylic acids is 1. The highest BCUT2D eigenvalue weighted by Gasteiger charge is 2.34. The van der Waals surface area contributed by atoms with Gasteiger partial charge >= 0.3 is 0 Å². The average Bonchev–Trinajstić information content (AvgIpc) is 2.83. The molecule has 0 bridgehead atoms. The summed E-state index contributed by atoms with van der Waals surface area (Å²) in [7, 11) is 0. The van der Waals surface area contributed by atoms with Crippen molar-refractivity contribution in [2.75, 3.05) is 19.6 Å². The molecule has 0 radical (unpaired) electrons. The highest BCUT2D eigenvalue weighted by molar-refractivity contribution is 5.87. The van der Waals surface area contributed by atoms with Crippen molar-refractivity contribution in [2.24, 2.45) is 11.7 Å². The second-order valence-electron chi connectivity index (χ2n) is 4.46. The Morgan fingerprint density at radius 1 is 1.41 bits per heavy atom. The molecule has 1 aromatic carbocycles. The molecule has 3 nitrogen and oxygen atoms in total. The molecule has 1 aliphatic heterocycles. The minimum atomic E-state index is 0.00174. The van der Waals surface area contributed by atoms with E-state index in [2.05, 4.69) is 18.7 Å². The number of likely N-dealkylation sites (tertiary alicyclic amines) is 1. The summed E-state index contributed by atoms with van der Waals surface area (Å²) < 4.78 is 0. The van der Waals surface area contributed by atoms with Gasteiger partial charge < -0.3 is 10.6 Å². The van der Waals surface area contributed by atoms with Crippen LogP contribution in [0.25, 0.3) is 0 Å². The fraction of sp³-hybridized carbons (Fsp3) is 0.357. The third-order valence-electron chi connectivity index (χ3n) is 3.46. The summed E-state index contributed by atoms with van der Waals surface area (Å²) in [5.74, 6) is 0.702. The number of nitrogens with two attached hydrogens (primary N) is 1. The zero-order valence-electron chi connectivity index (χ0n) is 9.88. The van der Waals surface area contributed by atoms with Gasteiger partial charge in [-0.1, -0.05) is 36.9 Å². The molecule has 17 heavy (non-hydrogen) atoms. The third kappa shape index (κ3) is 2.39. The number of benzene rings is 1. The van der Waals surface area contributed by atoms with Crippen LogP contribution in [0.2, 0.25) is 0 Å². The predicted octanol–water partition coefficient (Wildman–Crippen LogP) is 1.37. The van der Waals surface area contributed by atoms with Crippen LogP contribution in [0.5, 0.6) is 0 Å². The number of rotatable bonds is 3. The van der Waals surface area contributed by atoms with E-state index in [0.717, 1.165) is 13.1 Å². The van der Waals surface area contributed by atoms with Gasteiger partial charge in [0.2, 0.25) is 5.91 Å². The standard InChI is InChI=1S/C14H18N2O/c1-2-14(17)16-9-12(8-15)13(10-16)11-6-4-3-5-7-11/h2-7,12-13H,1,8-10,15H2/t12-,13+/m1/s1. The zero-order valence-corrected chi connectivity index (χ0v) is 9.88. The SMILES string of the molecule is C=CC(=O)N1C[C@@H](CN)[C@H](c2ccccc2)C1. The van der Waals surface area contributed by atoms with E-state index >= 15 is 0 Å². The maximum Gasteiger partial charge on any atom is 0.245 e. The minimum absolute atomic E-state index is 0.00174. The Morgan fingerprint density at radius 3 is 2.71 bits per heavy atom. The van der Waals surface area contributed by atoms with Crippen LogP contribution >= 0.6 is 0 Å². The fourth-order valence-electron chi connectivity index (χ4n) is 2.50. The van der Waals surface area contributed by atoms with E-state index in [1.165, 1.54) is 11.6 Å². The topological polar surface area (TPSA) is 46.3 Å². The molecule has 0 saturated carbocycles. The van der Waals surface area contributed by atoms with Crippen LogP contribution in [-0.2, 0) is 4.79 Å². The molecular formula is C14H18N2O. The minimum Gasteiger partial charge on any atom is -0.338 e. The van der Waals surface area contributed by atoms with Crippen molar-refractivity contribution in [2.45, 2.75) is 5.92 Å². The average molecular weight is 230 g/mol. The van der Waals surface area contributed by atoms with E-state index in [0.29, 0.717) is 18.4 Å². The van der Waals surface area contributed by atoms with Gasteiger partial charge in [-0.2, -0.15) is 0 Å². The van der Waals surface area contributed by atoms with Gasteiger partial charge in [0, 0.05) is 19.0 Å². The first-order valence-corrected chi connectivity index (χ1v) is 5.92. The molecule has 2 rings (SSSR count). The Kier molecular flexibility index (Phi) is 3.59. The first kappa shape index (κ1) is 11.9. The van der Waals surface area contributed by atoms with Crippen LogP contribution < -0.4 is 5.73 Å². The molecule has 1 fully saturated rings. The van der Waals surface area contributed by atoms with Crippen molar-refractivity contribution >= 4 is 5.91 Å². The predicted molar refractivity (Wildman–Crippen MR) is 68.5 cm³/mol. The lowest BCUT2D eigenvalue weighted by Crippen LogP contribution is -2.27. The van der Waals surface area contributed by atoms with Gasteiger partial charge in [-0.3, -0.25) is 4.79 Å². The highest BCUT2D eigenvalue weighted by atomic mass is 16.2. The van der Waals surface area contributed by atoms with Crippen molar-refractivity contribution in [1.29, 1.82) is 0 Å². The highest BCUT2D eigenvalue weighted by Crippen LogP contribution is 2.31. The van der Waals surface area contributed by atoms with Crippen LogP contribution in [0.1, 0.15) is 11.5 Å². The van der Waals surface area contributed by atoms with Crippen LogP contribution in [0.3, 0.4) is 0 Å². The Balaban J connectivity index is 2.17. The summed E-state index contributed by atoms with van der Waals surface area (Å²) in [5, 5.41) is 0. The smallest absolute Gasteiger partial charge is 0.245 e. The Labute approximate surface area is 102 Å². The monoisotopic (exact) mass is 230 g/mol. The van der Waals surface area contributed by atoms with Gasteiger partial charge in [-0.25, -0.2) is 0 Å². The Bertz CT molecular complexity index is 402. The van der Waals surface area contributed by atoms with Crippen molar-refractivity contribution in [3.8, 4) is 0 Å². The molecule has 3 heteroatoms. The number of nitrogens with zero attached hydrogens (tertiary/aromatic N) is 1. The van der Waals surface area contributed by atoms with Gasteiger partial charge in [0.25, 0.3) is 0 Å². The summed E-state index contributed by atoms with van der Waals surface area (Å²) >= 11 is 0. The number of amides is 1. The van der Waals surface area contributed by atoms with Crippen molar-refractivity contribution < 1.29 is 4.79 Å². The molecule has 0 aliphatic carbocycles. The summed E-state index contributed by atoms with van der Waals surface area (Å²) in [4.78, 5) is 13.5. The molecule has 0 spiro atoms. The van der Waals surface area contributed by atoms with Crippen LogP contribution in [0.15, 0.2) is 43.0 Å². The van der Waals surface area contributed by atoms with Gasteiger partial charge in [-0.15, -0.1) is 0 Å². The Hall–Kier alpha value is -1.61. The molecule has 1 aliphatic rings. The Morgan fingerprint density at radius 2 is 2.12 bits per heavy atom. The van der Waals surface area contributed by atoms with E-state index in [9.17, 15) is 4.79 Å². The summed E-state index contributed by atoms with van der Waals surface area (Å²) in [6, 6.07) is 10.3. The van der Waals surface area contributed by atoms with Crippen molar-refractivity contribution in [1.82, 2.24) is 4.90 Å². The maximum atomic E-state index is 11.6. The van der Waals surface area contributed by atoms with E-state index in [1.807, 2.05) is 23.1 Å². The first-order chi connectivity index (χ1) is 8.26. The van der Waals surface area contributed by atoms with Crippen LogP contribution in [0, 0.1) is 5.92 Å². The van der Waals surface area contributed by atoms with Crippen molar-refractivity contribution in [3.05, 3.63) is 48.6 Å². The van der Waals surface area contributed by atoms with Gasteiger partial charge in [0.15, 0.2) is 0 Å². The van der Waals surface area contributed by atoms with Crippen LogP contribution in [-0.4, -0.2) is 30.4 Å². The van der Waals surface area contributed by atoms with E-state index < -0.39 is 0 Å². The molecule has 1 amide bonds. The van der Waals surface area contributed by atoms with Crippen LogP contribution in [0.4, 0.5) is 0 Å². The molecular weight excluding hydrogens is 212 g/mol. The molecule has 1 heterocycles. The second-order valence-corrected chi connectivity index (χ2v) is 4.46. The number of hydrogen-bond donors (Lipinski definition) is 1. The molecule has 0 unspecified atom stereocenters.